The number of hydrogen-bond acceptors (Lipinski definition) is 3. The molecule has 0 fully saturated rings. The number of benzene rings is 2. The van der Waals surface area contributed by atoms with E-state index >= 15 is 0 Å². The van der Waals surface area contributed by atoms with Gasteiger partial charge in [-0.2, -0.15) is 0 Å². The Morgan fingerprint density at radius 2 is 1.79 bits per heavy atom. The zero-order valence-corrected chi connectivity index (χ0v) is 14.7. The maximum atomic E-state index is 6.04. The summed E-state index contributed by atoms with van der Waals surface area (Å²) in [6.45, 7) is 2.73. The van der Waals surface area contributed by atoms with E-state index < -0.39 is 0 Å². The first kappa shape index (κ1) is 16.4. The normalized spacial score (nSPS) is 10.7. The van der Waals surface area contributed by atoms with Crippen molar-refractivity contribution in [3.63, 3.8) is 0 Å². The summed E-state index contributed by atoms with van der Waals surface area (Å²) in [5.41, 5.74) is 3.13. The molecule has 0 spiro atoms. The number of aromatic amines is 1. The Morgan fingerprint density at radius 1 is 1.04 bits per heavy atom. The van der Waals surface area contributed by atoms with Crippen molar-refractivity contribution in [1.82, 2.24) is 0 Å². The van der Waals surface area contributed by atoms with Gasteiger partial charge < -0.3 is 9.47 Å². The summed E-state index contributed by atoms with van der Waals surface area (Å²) in [5.74, 6) is 2.51. The van der Waals surface area contributed by atoms with E-state index in [1.807, 2.05) is 36.4 Å². The zero-order chi connectivity index (χ0) is 17.1. The minimum absolute atomic E-state index is 0.675. The Bertz CT molecular complexity index is 881. The number of nitrogens with one attached hydrogen (secondary N) is 2. The van der Waals surface area contributed by atoms with Crippen molar-refractivity contribution >= 4 is 28.3 Å². The number of methoxy groups -OCH3 is 2. The van der Waals surface area contributed by atoms with Gasteiger partial charge in [0, 0.05) is 11.1 Å². The summed E-state index contributed by atoms with van der Waals surface area (Å²) < 4.78 is 11.0. The molecular formula is C19H20ClN2O2+. The van der Waals surface area contributed by atoms with E-state index in [1.165, 1.54) is 0 Å². The van der Waals surface area contributed by atoms with Crippen LogP contribution in [0.2, 0.25) is 5.02 Å². The summed E-state index contributed by atoms with van der Waals surface area (Å²) in [7, 11) is 3.34. The molecular weight excluding hydrogens is 324 g/mol. The molecule has 0 aliphatic rings. The molecule has 1 aromatic heterocycles. The van der Waals surface area contributed by atoms with E-state index in [0.717, 1.165) is 44.4 Å². The van der Waals surface area contributed by atoms with Gasteiger partial charge in [0.15, 0.2) is 11.3 Å². The molecule has 0 aliphatic heterocycles. The van der Waals surface area contributed by atoms with E-state index in [9.17, 15) is 0 Å². The zero-order valence-electron chi connectivity index (χ0n) is 13.9. The van der Waals surface area contributed by atoms with Crippen LogP contribution in [-0.2, 0) is 6.54 Å². The second-order valence-electron chi connectivity index (χ2n) is 5.57. The van der Waals surface area contributed by atoms with Crippen LogP contribution in [0.4, 0.5) is 5.82 Å². The minimum atomic E-state index is 0.675. The minimum Gasteiger partial charge on any atom is -0.496 e. The third kappa shape index (κ3) is 3.24. The highest BCUT2D eigenvalue weighted by atomic mass is 35.5. The van der Waals surface area contributed by atoms with Crippen molar-refractivity contribution in [2.75, 3.05) is 19.5 Å². The fourth-order valence-electron chi connectivity index (χ4n) is 2.82. The number of rotatable bonds is 5. The fourth-order valence-corrected chi connectivity index (χ4v) is 3.03. The predicted molar refractivity (Wildman–Crippen MR) is 97.1 cm³/mol. The number of anilines is 1. The molecule has 0 atom stereocenters. The molecule has 0 unspecified atom stereocenters. The van der Waals surface area contributed by atoms with E-state index in [-0.39, 0.29) is 0 Å². The Kier molecular flexibility index (Phi) is 4.76. The molecule has 5 heteroatoms. The molecule has 0 bridgehead atoms. The van der Waals surface area contributed by atoms with Crippen molar-refractivity contribution in [2.24, 2.45) is 0 Å². The molecule has 0 radical (unpaired) electrons. The number of ether oxygens (including phenoxy) is 2. The topological polar surface area (TPSA) is 44.6 Å². The maximum absolute atomic E-state index is 6.04. The molecule has 0 saturated carbocycles. The molecule has 24 heavy (non-hydrogen) atoms. The summed E-state index contributed by atoms with van der Waals surface area (Å²) >= 11 is 6.04. The monoisotopic (exact) mass is 343 g/mol. The highest BCUT2D eigenvalue weighted by Gasteiger charge is 2.16. The fraction of sp³-hybridized carbons (Fsp3) is 0.211. The van der Waals surface area contributed by atoms with Crippen molar-refractivity contribution in [3.8, 4) is 11.5 Å². The van der Waals surface area contributed by atoms with Crippen LogP contribution in [0.15, 0.2) is 42.5 Å². The second-order valence-corrected chi connectivity index (χ2v) is 6.01. The quantitative estimate of drug-likeness (QED) is 0.753. The lowest BCUT2D eigenvalue weighted by molar-refractivity contribution is -0.328. The van der Waals surface area contributed by atoms with Crippen LogP contribution >= 0.6 is 11.6 Å². The van der Waals surface area contributed by atoms with Crippen LogP contribution in [-0.4, -0.2) is 14.2 Å². The molecule has 3 rings (SSSR count). The molecule has 0 amide bonds. The first-order chi connectivity index (χ1) is 11.6. The highest BCUT2D eigenvalue weighted by Crippen LogP contribution is 2.33. The lowest BCUT2D eigenvalue weighted by Gasteiger charge is -2.11. The molecule has 0 aliphatic carbocycles. The molecule has 1 heterocycles. The molecule has 4 nitrogen and oxygen atoms in total. The summed E-state index contributed by atoms with van der Waals surface area (Å²) in [6.07, 6.45) is 0. The summed E-state index contributed by atoms with van der Waals surface area (Å²) in [4.78, 5) is 3.40. The van der Waals surface area contributed by atoms with Crippen molar-refractivity contribution in [2.45, 2.75) is 13.5 Å². The number of aromatic nitrogens is 1. The van der Waals surface area contributed by atoms with Crippen molar-refractivity contribution in [3.05, 3.63) is 58.6 Å². The van der Waals surface area contributed by atoms with Gasteiger partial charge in [0.05, 0.1) is 19.6 Å². The number of aryl methyl sites for hydroxylation is 1. The predicted octanol–water partition coefficient (Wildman–Crippen LogP) is 4.25. The Labute approximate surface area is 146 Å². The molecule has 2 N–H and O–H groups in total. The summed E-state index contributed by atoms with van der Waals surface area (Å²) in [5, 5.41) is 5.15. The lowest BCUT2D eigenvalue weighted by Crippen LogP contribution is -2.15. The van der Waals surface area contributed by atoms with Crippen LogP contribution < -0.4 is 19.8 Å². The molecule has 3 aromatic rings. The first-order valence-corrected chi connectivity index (χ1v) is 8.06. The number of halogens is 1. The number of hydrogen-bond donors (Lipinski definition) is 1. The van der Waals surface area contributed by atoms with E-state index in [2.05, 4.69) is 23.3 Å². The smallest absolute Gasteiger partial charge is 0.273 e. The SMILES string of the molecule is COc1ccc(OC)c2c(C)cc(NCc3cccc(Cl)c3)[nH+]c12. The van der Waals surface area contributed by atoms with Crippen LogP contribution in [0.3, 0.4) is 0 Å². The second kappa shape index (κ2) is 6.97. The Morgan fingerprint density at radius 3 is 2.50 bits per heavy atom. The Hall–Kier alpha value is -2.46. The van der Waals surface area contributed by atoms with Gasteiger partial charge in [0.1, 0.15) is 12.3 Å². The van der Waals surface area contributed by atoms with Gasteiger partial charge in [0.2, 0.25) is 0 Å². The maximum Gasteiger partial charge on any atom is 0.273 e. The molecule has 124 valence electrons. The van der Waals surface area contributed by atoms with Gasteiger partial charge in [-0.05, 0) is 42.3 Å². The van der Waals surface area contributed by atoms with Gasteiger partial charge in [0.25, 0.3) is 5.82 Å². The van der Waals surface area contributed by atoms with Crippen LogP contribution in [0.25, 0.3) is 10.9 Å². The average molecular weight is 344 g/mol. The van der Waals surface area contributed by atoms with Gasteiger partial charge in [-0.1, -0.05) is 23.7 Å². The standard InChI is InChI=1S/C19H19ClN2O2/c1-12-9-17(21-11-13-5-4-6-14(20)10-13)22-19-16(24-3)8-7-15(23-2)18(12)19/h4-10H,11H2,1-3H3,(H,21,22)/p+1. The largest absolute Gasteiger partial charge is 0.496 e. The Balaban J connectivity index is 1.97. The van der Waals surface area contributed by atoms with E-state index in [0.29, 0.717) is 6.54 Å². The number of fused-ring (bicyclic) bond motifs is 1. The number of pyridine rings is 1. The summed E-state index contributed by atoms with van der Waals surface area (Å²) in [6, 6.07) is 13.7. The van der Waals surface area contributed by atoms with E-state index in [4.69, 9.17) is 21.1 Å². The van der Waals surface area contributed by atoms with Crippen molar-refractivity contribution in [1.29, 1.82) is 0 Å². The highest BCUT2D eigenvalue weighted by molar-refractivity contribution is 6.30. The van der Waals surface area contributed by atoms with Crippen LogP contribution in [0, 0.1) is 6.92 Å². The lowest BCUT2D eigenvalue weighted by atomic mass is 10.1. The molecule has 2 aromatic carbocycles. The van der Waals surface area contributed by atoms with Crippen molar-refractivity contribution < 1.29 is 14.5 Å². The van der Waals surface area contributed by atoms with Crippen LogP contribution in [0.5, 0.6) is 11.5 Å². The van der Waals surface area contributed by atoms with Gasteiger partial charge in [-0.3, -0.25) is 5.32 Å². The third-order valence-electron chi connectivity index (χ3n) is 3.96. The number of H-pyrrole nitrogens is 1. The first-order valence-electron chi connectivity index (χ1n) is 7.68. The molecule has 0 saturated heterocycles. The third-order valence-corrected chi connectivity index (χ3v) is 4.19. The van der Waals surface area contributed by atoms with Gasteiger partial charge in [-0.15, -0.1) is 0 Å². The van der Waals surface area contributed by atoms with E-state index in [1.54, 1.807) is 14.2 Å². The van der Waals surface area contributed by atoms with Crippen LogP contribution in [0.1, 0.15) is 11.1 Å². The average Bonchev–Trinajstić information content (AvgIpc) is 2.59. The van der Waals surface area contributed by atoms with Gasteiger partial charge in [-0.25, -0.2) is 4.98 Å². The van der Waals surface area contributed by atoms with Gasteiger partial charge >= 0.3 is 0 Å².